The van der Waals surface area contributed by atoms with Crippen molar-refractivity contribution in [3.8, 4) is 28.4 Å². The Labute approximate surface area is 186 Å². The van der Waals surface area contributed by atoms with Gasteiger partial charge in [0.1, 0.15) is 17.3 Å². The number of phenolic OH excluding ortho intramolecular Hbond substituents is 1. The van der Waals surface area contributed by atoms with E-state index in [4.69, 9.17) is 20.4 Å². The van der Waals surface area contributed by atoms with Crippen LogP contribution < -0.4 is 20.4 Å². The minimum absolute atomic E-state index is 0.0727. The van der Waals surface area contributed by atoms with Crippen molar-refractivity contribution in [2.75, 3.05) is 18.1 Å². The van der Waals surface area contributed by atoms with Crippen LogP contribution in [0.25, 0.3) is 11.1 Å². The zero-order chi connectivity index (χ0) is 22.9. The van der Waals surface area contributed by atoms with E-state index in [1.165, 1.54) is 18.3 Å². The van der Waals surface area contributed by atoms with E-state index in [0.717, 1.165) is 0 Å². The van der Waals surface area contributed by atoms with Crippen LogP contribution in [0.4, 0.5) is 11.8 Å². The molecule has 1 aliphatic rings. The minimum Gasteiger partial charge on any atom is -0.508 e. The SMILES string of the molecule is CCOc1cc(Cc2cnc(N)nc2N)cc(OS(=O)(=O)C2CC2)c1-c1ccc(O)cc1. The van der Waals surface area contributed by atoms with Crippen molar-refractivity contribution in [1.82, 2.24) is 9.97 Å². The molecule has 5 N–H and O–H groups in total. The molecule has 0 bridgehead atoms. The smallest absolute Gasteiger partial charge is 0.312 e. The molecule has 32 heavy (non-hydrogen) atoms. The third-order valence-electron chi connectivity index (χ3n) is 5.03. The Balaban J connectivity index is 1.84. The zero-order valence-electron chi connectivity index (χ0n) is 17.5. The van der Waals surface area contributed by atoms with E-state index >= 15 is 0 Å². The molecule has 168 valence electrons. The number of nitrogen functional groups attached to an aromatic ring is 2. The number of phenols is 1. The number of aromatic nitrogens is 2. The lowest BCUT2D eigenvalue weighted by Gasteiger charge is -2.18. The molecule has 2 aromatic carbocycles. The average molecular weight is 457 g/mol. The summed E-state index contributed by atoms with van der Waals surface area (Å²) in [4.78, 5) is 7.96. The van der Waals surface area contributed by atoms with Gasteiger partial charge in [0.15, 0.2) is 5.75 Å². The lowest BCUT2D eigenvalue weighted by Crippen LogP contribution is -2.15. The number of hydrogen-bond donors (Lipinski definition) is 3. The highest BCUT2D eigenvalue weighted by atomic mass is 32.2. The highest BCUT2D eigenvalue weighted by molar-refractivity contribution is 7.88. The molecule has 1 heterocycles. The summed E-state index contributed by atoms with van der Waals surface area (Å²) in [5, 5.41) is 9.17. The summed E-state index contributed by atoms with van der Waals surface area (Å²) in [5.41, 5.74) is 14.0. The highest BCUT2D eigenvalue weighted by Crippen LogP contribution is 2.43. The van der Waals surface area contributed by atoms with Crippen LogP contribution in [0.2, 0.25) is 0 Å². The molecule has 4 rings (SSSR count). The van der Waals surface area contributed by atoms with Crippen LogP contribution in [-0.4, -0.2) is 35.3 Å². The summed E-state index contributed by atoms with van der Waals surface area (Å²) in [6.07, 6.45) is 3.01. The van der Waals surface area contributed by atoms with Gasteiger partial charge in [-0.3, -0.25) is 0 Å². The van der Waals surface area contributed by atoms with Gasteiger partial charge in [-0.2, -0.15) is 13.4 Å². The standard InChI is InChI=1S/C22H24N4O5S/c1-2-30-18-10-13(9-15-12-25-22(24)26-21(15)23)11-19(31-32(28,29)17-7-8-17)20(18)14-3-5-16(27)6-4-14/h3-6,10-12,17,27H,2,7-9H2,1H3,(H4,23,24,25,26). The molecule has 10 heteroatoms. The fourth-order valence-electron chi connectivity index (χ4n) is 3.33. The van der Waals surface area contributed by atoms with Crippen molar-refractivity contribution in [2.24, 2.45) is 0 Å². The number of hydrogen-bond acceptors (Lipinski definition) is 9. The molecule has 1 aromatic heterocycles. The van der Waals surface area contributed by atoms with Gasteiger partial charge < -0.3 is 25.5 Å². The van der Waals surface area contributed by atoms with Crippen molar-refractivity contribution in [3.63, 3.8) is 0 Å². The van der Waals surface area contributed by atoms with E-state index < -0.39 is 15.4 Å². The molecule has 3 aromatic rings. The summed E-state index contributed by atoms with van der Waals surface area (Å²) in [6, 6.07) is 9.85. The molecule has 1 fully saturated rings. The number of rotatable bonds is 8. The van der Waals surface area contributed by atoms with Crippen LogP contribution in [-0.2, 0) is 16.5 Å². The quantitative estimate of drug-likeness (QED) is 0.435. The first kappa shape index (κ1) is 21.7. The highest BCUT2D eigenvalue weighted by Gasteiger charge is 2.38. The fourth-order valence-corrected chi connectivity index (χ4v) is 4.57. The molecular weight excluding hydrogens is 432 g/mol. The van der Waals surface area contributed by atoms with Gasteiger partial charge >= 0.3 is 10.1 Å². The summed E-state index contributed by atoms with van der Waals surface area (Å²) >= 11 is 0. The largest absolute Gasteiger partial charge is 0.508 e. The number of nitrogens with two attached hydrogens (primary N) is 2. The minimum atomic E-state index is -3.78. The van der Waals surface area contributed by atoms with E-state index in [-0.39, 0.29) is 23.3 Å². The maximum atomic E-state index is 12.7. The Bertz CT molecular complexity index is 1240. The van der Waals surface area contributed by atoms with E-state index in [2.05, 4.69) is 9.97 Å². The summed E-state index contributed by atoms with van der Waals surface area (Å²) < 4.78 is 36.8. The van der Waals surface area contributed by atoms with Gasteiger partial charge in [0.2, 0.25) is 5.95 Å². The second-order valence-electron chi connectivity index (χ2n) is 7.54. The maximum absolute atomic E-state index is 12.7. The zero-order valence-corrected chi connectivity index (χ0v) is 18.3. The first-order valence-corrected chi connectivity index (χ1v) is 11.6. The van der Waals surface area contributed by atoms with Crippen molar-refractivity contribution >= 4 is 21.9 Å². The molecule has 0 atom stereocenters. The van der Waals surface area contributed by atoms with Crippen LogP contribution in [0.3, 0.4) is 0 Å². The molecule has 0 aliphatic heterocycles. The summed E-state index contributed by atoms with van der Waals surface area (Å²) in [5.74, 6) is 1.01. The Morgan fingerprint density at radius 1 is 1.12 bits per heavy atom. The number of benzene rings is 2. The molecule has 0 saturated heterocycles. The maximum Gasteiger partial charge on any atom is 0.312 e. The van der Waals surface area contributed by atoms with Gasteiger partial charge in [0.25, 0.3) is 0 Å². The number of aromatic hydroxyl groups is 1. The Morgan fingerprint density at radius 3 is 2.44 bits per heavy atom. The van der Waals surface area contributed by atoms with Crippen molar-refractivity contribution < 1.29 is 22.4 Å². The van der Waals surface area contributed by atoms with Crippen LogP contribution in [0.5, 0.6) is 17.2 Å². The van der Waals surface area contributed by atoms with Crippen LogP contribution in [0.1, 0.15) is 30.9 Å². The molecule has 0 amide bonds. The van der Waals surface area contributed by atoms with Gasteiger partial charge in [0.05, 0.1) is 17.4 Å². The van der Waals surface area contributed by atoms with Gasteiger partial charge in [0, 0.05) is 18.2 Å². The lowest BCUT2D eigenvalue weighted by atomic mass is 9.98. The molecule has 0 unspecified atom stereocenters. The predicted molar refractivity (Wildman–Crippen MR) is 121 cm³/mol. The lowest BCUT2D eigenvalue weighted by molar-refractivity contribution is 0.340. The number of anilines is 2. The molecule has 0 radical (unpaired) electrons. The van der Waals surface area contributed by atoms with Crippen LogP contribution >= 0.6 is 0 Å². The van der Waals surface area contributed by atoms with Crippen molar-refractivity contribution in [2.45, 2.75) is 31.4 Å². The molecule has 1 saturated carbocycles. The first-order valence-electron chi connectivity index (χ1n) is 10.2. The van der Waals surface area contributed by atoms with Gasteiger partial charge in [-0.15, -0.1) is 0 Å². The molecule has 1 aliphatic carbocycles. The summed E-state index contributed by atoms with van der Waals surface area (Å²) in [7, 11) is -3.78. The van der Waals surface area contributed by atoms with Crippen molar-refractivity contribution in [3.05, 3.63) is 53.7 Å². The Morgan fingerprint density at radius 2 is 1.81 bits per heavy atom. The Kier molecular flexibility index (Phi) is 5.79. The number of nitrogens with zero attached hydrogens (tertiary/aromatic N) is 2. The van der Waals surface area contributed by atoms with E-state index in [1.54, 1.807) is 24.3 Å². The fraction of sp³-hybridized carbons (Fsp3) is 0.273. The van der Waals surface area contributed by atoms with E-state index in [0.29, 0.717) is 53.9 Å². The molecule has 0 spiro atoms. The predicted octanol–water partition coefficient (Wildman–Crippen LogP) is 2.87. The first-order chi connectivity index (χ1) is 15.3. The third kappa shape index (κ3) is 4.70. The molecular formula is C22H24N4O5S. The topological polar surface area (TPSA) is 151 Å². The monoisotopic (exact) mass is 456 g/mol. The van der Waals surface area contributed by atoms with Crippen LogP contribution in [0.15, 0.2) is 42.6 Å². The van der Waals surface area contributed by atoms with Crippen LogP contribution in [0, 0.1) is 0 Å². The average Bonchev–Trinajstić information content (AvgIpc) is 3.57. The third-order valence-corrected chi connectivity index (χ3v) is 6.73. The second kappa shape index (κ2) is 8.54. The summed E-state index contributed by atoms with van der Waals surface area (Å²) in [6.45, 7) is 2.19. The number of ether oxygens (including phenoxy) is 1. The van der Waals surface area contributed by atoms with Crippen molar-refractivity contribution in [1.29, 1.82) is 0 Å². The molecule has 9 nitrogen and oxygen atoms in total. The normalized spacial score (nSPS) is 13.7. The Hall–Kier alpha value is -3.53. The van der Waals surface area contributed by atoms with E-state index in [1.807, 2.05) is 6.92 Å². The van der Waals surface area contributed by atoms with Gasteiger partial charge in [-0.05, 0) is 55.2 Å². The van der Waals surface area contributed by atoms with Gasteiger partial charge in [-0.25, -0.2) is 4.98 Å². The second-order valence-corrected chi connectivity index (χ2v) is 9.36. The van der Waals surface area contributed by atoms with E-state index in [9.17, 15) is 13.5 Å². The van der Waals surface area contributed by atoms with Gasteiger partial charge in [-0.1, -0.05) is 12.1 Å².